The molecule has 4 heteroatoms. The summed E-state index contributed by atoms with van der Waals surface area (Å²) < 4.78 is 5.25. The zero-order chi connectivity index (χ0) is 25.8. The lowest BCUT2D eigenvalue weighted by molar-refractivity contribution is -0.202. The molecule has 9 atom stereocenters. The number of aliphatic hydroxyl groups is 1. The van der Waals surface area contributed by atoms with Crippen LogP contribution in [0.5, 0.6) is 0 Å². The molecule has 0 spiro atoms. The van der Waals surface area contributed by atoms with Crippen LogP contribution in [0.15, 0.2) is 11.6 Å². The van der Waals surface area contributed by atoms with Crippen molar-refractivity contribution in [1.29, 1.82) is 0 Å². The van der Waals surface area contributed by atoms with Gasteiger partial charge in [0.2, 0.25) is 0 Å². The maximum atomic E-state index is 14.3. The van der Waals surface area contributed by atoms with E-state index in [0.717, 1.165) is 57.8 Å². The summed E-state index contributed by atoms with van der Waals surface area (Å²) in [6.45, 7) is 16.2. The van der Waals surface area contributed by atoms with E-state index in [4.69, 9.17) is 4.74 Å². The molecular weight excluding hydrogens is 436 g/mol. The zero-order valence-corrected chi connectivity index (χ0v) is 23.4. The molecule has 0 saturated heterocycles. The highest BCUT2D eigenvalue weighted by Crippen LogP contribution is 2.75. The van der Waals surface area contributed by atoms with E-state index >= 15 is 0 Å². The Hall–Kier alpha value is -1.16. The van der Waals surface area contributed by atoms with Crippen molar-refractivity contribution in [3.63, 3.8) is 0 Å². The first-order valence-corrected chi connectivity index (χ1v) is 14.1. The number of methoxy groups -OCH3 is 1. The molecule has 5 aliphatic carbocycles. The van der Waals surface area contributed by atoms with Gasteiger partial charge in [-0.25, -0.2) is 0 Å². The Morgan fingerprint density at radius 3 is 2.26 bits per heavy atom. The monoisotopic (exact) mass is 484 g/mol. The molecule has 5 aliphatic rings. The number of rotatable bonds is 1. The van der Waals surface area contributed by atoms with Gasteiger partial charge in [-0.3, -0.25) is 9.59 Å². The van der Waals surface area contributed by atoms with Crippen molar-refractivity contribution in [3.05, 3.63) is 11.6 Å². The van der Waals surface area contributed by atoms with E-state index in [9.17, 15) is 14.7 Å². The van der Waals surface area contributed by atoms with Gasteiger partial charge in [-0.15, -0.1) is 0 Å². The van der Waals surface area contributed by atoms with Crippen molar-refractivity contribution >= 4 is 11.8 Å². The molecule has 0 aromatic carbocycles. The van der Waals surface area contributed by atoms with Crippen LogP contribution in [0.25, 0.3) is 0 Å². The number of allylic oxidation sites excluding steroid dienone is 2. The fourth-order valence-corrected chi connectivity index (χ4v) is 10.6. The lowest BCUT2D eigenvalue weighted by atomic mass is 9.33. The molecule has 4 saturated carbocycles. The number of ether oxygens (including phenoxy) is 1. The largest absolute Gasteiger partial charge is 0.469 e. The van der Waals surface area contributed by atoms with Crippen molar-refractivity contribution < 1.29 is 19.4 Å². The summed E-state index contributed by atoms with van der Waals surface area (Å²) in [4.78, 5) is 27.1. The van der Waals surface area contributed by atoms with Gasteiger partial charge in [0.05, 0.1) is 18.6 Å². The summed E-state index contributed by atoms with van der Waals surface area (Å²) >= 11 is 0. The van der Waals surface area contributed by atoms with Gasteiger partial charge in [-0.05, 0) is 110 Å². The Labute approximate surface area is 212 Å². The van der Waals surface area contributed by atoms with Gasteiger partial charge >= 0.3 is 5.97 Å². The van der Waals surface area contributed by atoms with Crippen molar-refractivity contribution in [2.45, 2.75) is 112 Å². The van der Waals surface area contributed by atoms with Crippen molar-refractivity contribution in [1.82, 2.24) is 0 Å². The average molecular weight is 485 g/mol. The first-order valence-electron chi connectivity index (χ1n) is 14.1. The highest BCUT2D eigenvalue weighted by molar-refractivity contribution is 5.95. The topological polar surface area (TPSA) is 63.6 Å². The predicted molar refractivity (Wildman–Crippen MR) is 137 cm³/mol. The Morgan fingerprint density at radius 2 is 1.60 bits per heavy atom. The summed E-state index contributed by atoms with van der Waals surface area (Å²) in [5.41, 5.74) is 0.590. The molecular formula is C31H48O4. The van der Waals surface area contributed by atoms with E-state index in [1.807, 2.05) is 0 Å². The van der Waals surface area contributed by atoms with Gasteiger partial charge in [-0.2, -0.15) is 0 Å². The molecule has 0 aliphatic heterocycles. The molecule has 0 amide bonds. The van der Waals surface area contributed by atoms with Crippen LogP contribution in [0.4, 0.5) is 0 Å². The van der Waals surface area contributed by atoms with Crippen LogP contribution in [0, 0.1) is 50.2 Å². The minimum Gasteiger partial charge on any atom is -0.469 e. The SMILES string of the molecule is COC(=O)[C@@]1(C)CC[C@@]2(C)CC[C@@]3(C)C(=CC(=O)[C@@H]4[C@@]5(C)CC[C@@H](O)C(C)(C)[C@@H]5CC[C@@]43C)[C@@H]2C1. The number of hydrogen-bond acceptors (Lipinski definition) is 4. The smallest absolute Gasteiger partial charge is 0.311 e. The molecule has 0 unspecified atom stereocenters. The second kappa shape index (κ2) is 7.45. The first kappa shape index (κ1) is 25.5. The number of carbonyl (C=O) groups is 2. The molecule has 35 heavy (non-hydrogen) atoms. The fraction of sp³-hybridized carbons (Fsp3) is 0.871. The number of fused-ring (bicyclic) bond motifs is 7. The number of esters is 1. The number of hydrogen-bond donors (Lipinski definition) is 1. The Morgan fingerprint density at radius 1 is 0.943 bits per heavy atom. The van der Waals surface area contributed by atoms with Crippen LogP contribution in [0.1, 0.15) is 106 Å². The highest BCUT2D eigenvalue weighted by atomic mass is 16.5. The van der Waals surface area contributed by atoms with Crippen LogP contribution in [0.2, 0.25) is 0 Å². The number of aliphatic hydroxyl groups excluding tert-OH is 1. The molecule has 196 valence electrons. The van der Waals surface area contributed by atoms with E-state index in [0.29, 0.717) is 11.7 Å². The molecule has 0 aromatic rings. The normalized spacial score (nSPS) is 52.8. The van der Waals surface area contributed by atoms with Crippen LogP contribution in [-0.2, 0) is 14.3 Å². The third-order valence-electron chi connectivity index (χ3n) is 13.2. The van der Waals surface area contributed by atoms with Gasteiger partial charge in [0.25, 0.3) is 0 Å². The van der Waals surface area contributed by atoms with Crippen molar-refractivity contribution in [2.24, 2.45) is 50.2 Å². The zero-order valence-electron chi connectivity index (χ0n) is 23.4. The minimum atomic E-state index is -0.480. The second-order valence-electron chi connectivity index (χ2n) is 15.1. The summed E-state index contributed by atoms with van der Waals surface area (Å²) in [7, 11) is 1.50. The van der Waals surface area contributed by atoms with E-state index < -0.39 is 5.41 Å². The summed E-state index contributed by atoms with van der Waals surface area (Å²) in [6.07, 6.45) is 10.5. The van der Waals surface area contributed by atoms with Gasteiger partial charge in [0, 0.05) is 5.92 Å². The minimum absolute atomic E-state index is 0.00536. The number of ketones is 1. The van der Waals surface area contributed by atoms with E-state index in [2.05, 4.69) is 54.5 Å². The lowest BCUT2D eigenvalue weighted by Gasteiger charge is -2.70. The first-order chi connectivity index (χ1) is 16.1. The Kier molecular flexibility index (Phi) is 5.43. The Balaban J connectivity index is 1.61. The van der Waals surface area contributed by atoms with Crippen LogP contribution in [0.3, 0.4) is 0 Å². The van der Waals surface area contributed by atoms with Crippen LogP contribution < -0.4 is 0 Å². The Bertz CT molecular complexity index is 980. The van der Waals surface area contributed by atoms with Gasteiger partial charge < -0.3 is 9.84 Å². The third kappa shape index (κ3) is 3.07. The van der Waals surface area contributed by atoms with Crippen molar-refractivity contribution in [2.75, 3.05) is 7.11 Å². The maximum Gasteiger partial charge on any atom is 0.311 e. The average Bonchev–Trinajstić information content (AvgIpc) is 2.78. The molecule has 1 N–H and O–H groups in total. The molecule has 0 heterocycles. The molecule has 4 fully saturated rings. The van der Waals surface area contributed by atoms with Gasteiger partial charge in [0.1, 0.15) is 0 Å². The second-order valence-corrected chi connectivity index (χ2v) is 15.1. The fourth-order valence-electron chi connectivity index (χ4n) is 10.6. The predicted octanol–water partition coefficient (Wildman–Crippen LogP) is 6.50. The van der Waals surface area contributed by atoms with E-state index in [1.165, 1.54) is 12.7 Å². The molecule has 5 rings (SSSR count). The lowest BCUT2D eigenvalue weighted by Crippen LogP contribution is -2.66. The molecule has 4 nitrogen and oxygen atoms in total. The summed E-state index contributed by atoms with van der Waals surface area (Å²) in [6, 6.07) is 0. The van der Waals surface area contributed by atoms with Crippen molar-refractivity contribution in [3.8, 4) is 0 Å². The van der Waals surface area contributed by atoms with Gasteiger partial charge in [-0.1, -0.05) is 47.1 Å². The summed E-state index contributed by atoms with van der Waals surface area (Å²) in [5.74, 6) is 0.805. The molecule has 0 bridgehead atoms. The van der Waals surface area contributed by atoms with Crippen LogP contribution in [-0.4, -0.2) is 30.1 Å². The van der Waals surface area contributed by atoms with E-state index in [-0.39, 0.29) is 51.0 Å². The standard InChI is InChI=1S/C31H48O4/c1-26(2)22-9-12-31(7)24(29(22,5)11-10-23(26)33)21(32)17-19-20-18-28(4,25(34)35-8)14-13-27(20,3)15-16-30(19,31)6/h17,20,22-24,33H,9-16,18H2,1-8H3/t20-,22-,23+,24+,27-,28-,29-,30-,31-/m0/s1. The summed E-state index contributed by atoms with van der Waals surface area (Å²) in [5, 5.41) is 10.9. The third-order valence-corrected chi connectivity index (χ3v) is 13.2. The van der Waals surface area contributed by atoms with Gasteiger partial charge in [0.15, 0.2) is 5.78 Å². The quantitative estimate of drug-likeness (QED) is 0.431. The highest BCUT2D eigenvalue weighted by Gasteiger charge is 2.70. The molecule has 0 aromatic heterocycles. The van der Waals surface area contributed by atoms with Crippen LogP contribution >= 0.6 is 0 Å². The number of carbonyl (C=O) groups excluding carboxylic acids is 2. The van der Waals surface area contributed by atoms with E-state index in [1.54, 1.807) is 0 Å². The maximum absolute atomic E-state index is 14.3. The molecule has 0 radical (unpaired) electrons.